The minimum Gasteiger partial charge on any atom is -0.352 e. The molecule has 10 nitrogen and oxygen atoms in total. The molecule has 3 fully saturated rings. The van der Waals surface area contributed by atoms with Crippen LogP contribution in [0.5, 0.6) is 0 Å². The summed E-state index contributed by atoms with van der Waals surface area (Å²) in [4.78, 5) is 41.2. The van der Waals surface area contributed by atoms with E-state index in [4.69, 9.17) is 0 Å². The topological polar surface area (TPSA) is 121 Å². The van der Waals surface area contributed by atoms with E-state index in [0.717, 1.165) is 41.0 Å². The number of anilines is 2. The summed E-state index contributed by atoms with van der Waals surface area (Å²) >= 11 is 1.46. The Bertz CT molecular complexity index is 1550. The van der Waals surface area contributed by atoms with Crippen molar-refractivity contribution in [3.8, 4) is 0 Å². The van der Waals surface area contributed by atoms with Crippen LogP contribution in [0, 0.1) is 11.8 Å². The summed E-state index contributed by atoms with van der Waals surface area (Å²) in [5.41, 5.74) is 1.76. The maximum absolute atomic E-state index is 15.2. The SMILES string of the molecule is O=C(NCC1CC1)c1c(NC(=O)C2CC2)sc2c1C[C@@H](n1cnnc1N[C@H]1CN(C(=O)c3ccccc3)CC1(F)F)CC2. The summed E-state index contributed by atoms with van der Waals surface area (Å²) in [5, 5.41) is 17.7. The third kappa shape index (κ3) is 5.74. The first-order valence-corrected chi connectivity index (χ1v) is 15.7. The minimum absolute atomic E-state index is 0.00698. The molecule has 0 spiro atoms. The Morgan fingerprint density at radius 3 is 2.60 bits per heavy atom. The quantitative estimate of drug-likeness (QED) is 0.336. The van der Waals surface area contributed by atoms with Crippen LogP contribution in [0.25, 0.3) is 0 Å². The number of fused-ring (bicyclic) bond motifs is 1. The third-order valence-electron chi connectivity index (χ3n) is 8.79. The lowest BCUT2D eigenvalue weighted by Gasteiger charge is -2.27. The van der Waals surface area contributed by atoms with E-state index in [1.165, 1.54) is 17.7 Å². The number of thiophene rings is 1. The van der Waals surface area contributed by atoms with E-state index < -0.39 is 24.4 Å². The number of rotatable bonds is 9. The number of alkyl halides is 2. The second kappa shape index (κ2) is 11.0. The average Bonchev–Trinajstić information content (AvgIpc) is 3.92. The predicted molar refractivity (Wildman–Crippen MR) is 157 cm³/mol. The largest absolute Gasteiger partial charge is 0.352 e. The van der Waals surface area contributed by atoms with Gasteiger partial charge in [-0.15, -0.1) is 21.5 Å². The molecule has 13 heteroatoms. The summed E-state index contributed by atoms with van der Waals surface area (Å²) in [5.74, 6) is -3.14. The highest BCUT2D eigenvalue weighted by molar-refractivity contribution is 7.17. The molecule has 0 bridgehead atoms. The van der Waals surface area contributed by atoms with Crippen LogP contribution < -0.4 is 16.0 Å². The highest BCUT2D eigenvalue weighted by Gasteiger charge is 2.50. The summed E-state index contributed by atoms with van der Waals surface area (Å²) < 4.78 is 32.1. The number of nitrogens with zero attached hydrogens (tertiary/aromatic N) is 4. The lowest BCUT2D eigenvalue weighted by Crippen LogP contribution is -2.39. The summed E-state index contributed by atoms with van der Waals surface area (Å²) in [6.07, 6.45) is 7.31. The van der Waals surface area contributed by atoms with Crippen molar-refractivity contribution >= 4 is 40.0 Å². The van der Waals surface area contributed by atoms with Crippen molar-refractivity contribution in [1.82, 2.24) is 25.0 Å². The van der Waals surface area contributed by atoms with Crippen LogP contribution in [0.3, 0.4) is 0 Å². The fraction of sp³-hybridized carbons (Fsp3) is 0.500. The average molecular weight is 610 g/mol. The molecular weight excluding hydrogens is 576 g/mol. The molecule has 3 heterocycles. The smallest absolute Gasteiger partial charge is 0.286 e. The molecule has 2 atom stereocenters. The first-order chi connectivity index (χ1) is 20.8. The van der Waals surface area contributed by atoms with Crippen LogP contribution >= 0.6 is 11.3 Å². The van der Waals surface area contributed by atoms with Crippen molar-refractivity contribution in [2.45, 2.75) is 63.0 Å². The molecule has 7 rings (SSSR count). The molecule has 0 radical (unpaired) electrons. The zero-order chi connectivity index (χ0) is 29.7. The van der Waals surface area contributed by atoms with E-state index in [1.807, 2.05) is 0 Å². The number of likely N-dealkylation sites (tertiary alicyclic amines) is 1. The normalized spacial score (nSPS) is 22.6. The van der Waals surface area contributed by atoms with Gasteiger partial charge in [0.2, 0.25) is 11.9 Å². The molecule has 2 saturated carbocycles. The van der Waals surface area contributed by atoms with E-state index in [0.29, 0.717) is 47.9 Å². The maximum Gasteiger partial charge on any atom is 0.286 e. The predicted octanol–water partition coefficient (Wildman–Crippen LogP) is 4.13. The number of hydrogen-bond acceptors (Lipinski definition) is 7. The zero-order valence-corrected chi connectivity index (χ0v) is 24.3. The van der Waals surface area contributed by atoms with Gasteiger partial charge >= 0.3 is 0 Å². The molecule has 43 heavy (non-hydrogen) atoms. The maximum atomic E-state index is 15.2. The number of benzene rings is 1. The van der Waals surface area contributed by atoms with Gasteiger partial charge < -0.3 is 20.9 Å². The van der Waals surface area contributed by atoms with E-state index in [9.17, 15) is 14.4 Å². The number of halogens is 2. The van der Waals surface area contributed by atoms with Gasteiger partial charge in [-0.1, -0.05) is 18.2 Å². The van der Waals surface area contributed by atoms with Crippen LogP contribution in [0.2, 0.25) is 0 Å². The Labute approximate surface area is 251 Å². The number of carbonyl (C=O) groups is 3. The number of aryl methyl sites for hydroxylation is 1. The number of carbonyl (C=O) groups excluding carboxylic acids is 3. The second-order valence-corrected chi connectivity index (χ2v) is 13.2. The van der Waals surface area contributed by atoms with Gasteiger partial charge in [0.05, 0.1) is 12.1 Å². The van der Waals surface area contributed by atoms with Gasteiger partial charge in [0.15, 0.2) is 0 Å². The lowest BCUT2D eigenvalue weighted by molar-refractivity contribution is -0.117. The number of aromatic nitrogens is 3. The molecule has 1 saturated heterocycles. The van der Waals surface area contributed by atoms with Gasteiger partial charge in [-0.05, 0) is 68.6 Å². The molecule has 3 N–H and O–H groups in total. The van der Waals surface area contributed by atoms with Crippen LogP contribution in [-0.4, -0.2) is 69.0 Å². The minimum atomic E-state index is -3.17. The van der Waals surface area contributed by atoms with Crippen LogP contribution in [0.1, 0.15) is 69.3 Å². The molecule has 3 aliphatic carbocycles. The van der Waals surface area contributed by atoms with E-state index in [-0.39, 0.29) is 36.3 Å². The van der Waals surface area contributed by atoms with Gasteiger partial charge in [-0.2, -0.15) is 0 Å². The molecule has 2 aromatic heterocycles. The fourth-order valence-electron chi connectivity index (χ4n) is 5.96. The molecular formula is C30H33F2N7O3S. The first kappa shape index (κ1) is 27.9. The zero-order valence-electron chi connectivity index (χ0n) is 23.5. The van der Waals surface area contributed by atoms with Gasteiger partial charge in [0.1, 0.15) is 17.4 Å². The van der Waals surface area contributed by atoms with E-state index in [2.05, 4.69) is 26.1 Å². The Morgan fingerprint density at radius 1 is 1.07 bits per heavy atom. The molecule has 4 aliphatic rings. The second-order valence-electron chi connectivity index (χ2n) is 12.1. The van der Waals surface area contributed by atoms with E-state index in [1.54, 1.807) is 34.9 Å². The molecule has 226 valence electrons. The van der Waals surface area contributed by atoms with Crippen LogP contribution in [0.4, 0.5) is 19.7 Å². The molecule has 3 aromatic rings. The van der Waals surface area contributed by atoms with Crippen LogP contribution in [-0.2, 0) is 17.6 Å². The first-order valence-electron chi connectivity index (χ1n) is 14.9. The van der Waals surface area contributed by atoms with Gasteiger partial charge in [0, 0.05) is 35.5 Å². The molecule has 0 unspecified atom stereocenters. The third-order valence-corrected chi connectivity index (χ3v) is 9.99. The monoisotopic (exact) mass is 609 g/mol. The Kier molecular flexibility index (Phi) is 7.15. The Morgan fingerprint density at radius 2 is 1.86 bits per heavy atom. The van der Waals surface area contributed by atoms with Crippen molar-refractivity contribution in [3.63, 3.8) is 0 Å². The van der Waals surface area contributed by atoms with Crippen LogP contribution in [0.15, 0.2) is 36.7 Å². The highest BCUT2D eigenvalue weighted by atomic mass is 32.1. The number of amides is 3. The number of hydrogen-bond donors (Lipinski definition) is 3. The van der Waals surface area contributed by atoms with Crippen molar-refractivity contribution in [2.24, 2.45) is 11.8 Å². The Hall–Kier alpha value is -3.87. The molecule has 1 aromatic carbocycles. The summed E-state index contributed by atoms with van der Waals surface area (Å²) in [6.45, 7) is -0.257. The summed E-state index contributed by atoms with van der Waals surface area (Å²) in [6, 6.07) is 6.89. The Balaban J connectivity index is 1.10. The lowest BCUT2D eigenvalue weighted by atomic mass is 9.91. The van der Waals surface area contributed by atoms with Gasteiger partial charge in [0.25, 0.3) is 17.7 Å². The van der Waals surface area contributed by atoms with Crippen molar-refractivity contribution in [1.29, 1.82) is 0 Å². The highest BCUT2D eigenvalue weighted by Crippen LogP contribution is 2.43. The molecule has 3 amide bonds. The van der Waals surface area contributed by atoms with Gasteiger partial charge in [-0.3, -0.25) is 19.0 Å². The summed E-state index contributed by atoms with van der Waals surface area (Å²) in [7, 11) is 0. The standard InChI is InChI=1S/C30H33F2N7O3S/c31-30(32)15-38(28(42)19-4-2-1-3-5-19)14-23(30)35-29-37-34-16-39(29)20-10-11-22-21(12-20)24(26(41)33-13-17-6-7-17)27(43-22)36-25(40)18-8-9-18/h1-5,16-18,20,23H,6-15H2,(H,33,41)(H,35,37)(H,36,40)/t20-,23-/m0/s1. The molecule has 1 aliphatic heterocycles. The fourth-order valence-corrected chi connectivity index (χ4v) is 7.20. The van der Waals surface area contributed by atoms with E-state index >= 15 is 8.78 Å². The van der Waals surface area contributed by atoms with Crippen molar-refractivity contribution < 1.29 is 23.2 Å². The van der Waals surface area contributed by atoms with Crippen molar-refractivity contribution in [2.75, 3.05) is 30.3 Å². The number of nitrogens with one attached hydrogen (secondary N) is 3. The van der Waals surface area contributed by atoms with Crippen molar-refractivity contribution in [3.05, 3.63) is 58.2 Å². The van der Waals surface area contributed by atoms with Gasteiger partial charge in [-0.25, -0.2) is 8.78 Å².